The van der Waals surface area contributed by atoms with Crippen LogP contribution in [0.4, 0.5) is 18.9 Å². The average molecular weight is 403 g/mol. The zero-order valence-electron chi connectivity index (χ0n) is 16.0. The van der Waals surface area contributed by atoms with Gasteiger partial charge in [0.05, 0.1) is 17.7 Å². The highest BCUT2D eigenvalue weighted by Gasteiger charge is 2.35. The molecule has 152 valence electrons. The van der Waals surface area contributed by atoms with E-state index in [0.29, 0.717) is 5.56 Å². The predicted octanol–water partition coefficient (Wildman–Crippen LogP) is 3.83. The van der Waals surface area contributed by atoms with E-state index in [1.807, 2.05) is 32.0 Å². The second-order valence-corrected chi connectivity index (χ2v) is 7.03. The lowest BCUT2D eigenvalue weighted by molar-refractivity contribution is -0.137. The zero-order valence-corrected chi connectivity index (χ0v) is 16.0. The molecule has 0 aliphatic carbocycles. The first-order valence-corrected chi connectivity index (χ1v) is 9.03. The molecule has 0 spiro atoms. The first-order chi connectivity index (χ1) is 13.6. The van der Waals surface area contributed by atoms with Crippen molar-refractivity contribution in [1.29, 1.82) is 0 Å². The van der Waals surface area contributed by atoms with Crippen LogP contribution in [0.15, 0.2) is 47.6 Å². The van der Waals surface area contributed by atoms with Gasteiger partial charge in [-0.05, 0) is 54.8 Å². The Labute approximate surface area is 166 Å². The van der Waals surface area contributed by atoms with E-state index in [0.717, 1.165) is 28.9 Å². The number of benzene rings is 2. The van der Waals surface area contributed by atoms with Gasteiger partial charge in [0.25, 0.3) is 0 Å². The van der Waals surface area contributed by atoms with Crippen LogP contribution in [0.1, 0.15) is 28.7 Å². The monoisotopic (exact) mass is 403 g/mol. The van der Waals surface area contributed by atoms with E-state index >= 15 is 0 Å². The van der Waals surface area contributed by atoms with Crippen LogP contribution >= 0.6 is 0 Å². The molecule has 2 amide bonds. The fraction of sp³-hybridized carbons (Fsp3) is 0.286. The molecule has 1 N–H and O–H groups in total. The van der Waals surface area contributed by atoms with Gasteiger partial charge in [0.1, 0.15) is 0 Å². The number of hydrogen-bond donors (Lipinski definition) is 1. The number of nitrogens with zero attached hydrogens (tertiary/aromatic N) is 2. The second kappa shape index (κ2) is 8.06. The number of anilines is 1. The molecule has 0 bridgehead atoms. The molecule has 1 heterocycles. The topological polar surface area (TPSA) is 61.8 Å². The number of amides is 2. The third-order valence-corrected chi connectivity index (χ3v) is 4.92. The fourth-order valence-corrected chi connectivity index (χ4v) is 3.05. The lowest BCUT2D eigenvalue weighted by Gasteiger charge is -2.17. The summed E-state index contributed by atoms with van der Waals surface area (Å²) in [7, 11) is 0. The van der Waals surface area contributed by atoms with E-state index in [1.165, 1.54) is 18.3 Å². The highest BCUT2D eigenvalue weighted by molar-refractivity contribution is 6.00. The van der Waals surface area contributed by atoms with Gasteiger partial charge in [-0.15, -0.1) is 0 Å². The van der Waals surface area contributed by atoms with Crippen LogP contribution in [0.5, 0.6) is 0 Å². The van der Waals surface area contributed by atoms with Crippen molar-refractivity contribution >= 4 is 23.7 Å². The van der Waals surface area contributed by atoms with Gasteiger partial charge in [0.2, 0.25) is 11.8 Å². The third-order valence-electron chi connectivity index (χ3n) is 4.92. The molecular formula is C21H20F3N3O2. The van der Waals surface area contributed by atoms with Gasteiger partial charge in [0, 0.05) is 18.7 Å². The highest BCUT2D eigenvalue weighted by atomic mass is 19.4. The first-order valence-electron chi connectivity index (χ1n) is 9.03. The number of aryl methyl sites for hydroxylation is 2. The summed E-state index contributed by atoms with van der Waals surface area (Å²) < 4.78 is 37.7. The molecular weight excluding hydrogens is 383 g/mol. The van der Waals surface area contributed by atoms with Crippen molar-refractivity contribution in [2.45, 2.75) is 26.4 Å². The van der Waals surface area contributed by atoms with Crippen LogP contribution in [0.2, 0.25) is 0 Å². The number of rotatable bonds is 4. The molecule has 0 aromatic heterocycles. The van der Waals surface area contributed by atoms with Gasteiger partial charge >= 0.3 is 6.18 Å². The molecule has 5 nitrogen and oxygen atoms in total. The average Bonchev–Trinajstić information content (AvgIpc) is 3.05. The van der Waals surface area contributed by atoms with E-state index in [4.69, 9.17) is 0 Å². The van der Waals surface area contributed by atoms with Crippen LogP contribution in [-0.2, 0) is 15.8 Å². The SMILES string of the molecule is Cc1ccc(N2C[C@@H](C(=O)N/N=C\c3ccc(C(F)(F)F)cc3)CC2=O)cc1C. The van der Waals surface area contributed by atoms with Crippen molar-refractivity contribution in [2.24, 2.45) is 11.0 Å². The Hall–Kier alpha value is -3.16. The molecule has 0 saturated carbocycles. The standard InChI is InChI=1S/C21H20F3N3O2/c1-13-3-8-18(9-14(13)2)27-12-16(10-19(27)28)20(29)26-25-11-15-4-6-17(7-5-15)21(22,23)24/h3-9,11,16H,10,12H2,1-2H3,(H,26,29)/b25-11-/t16-/m0/s1. The lowest BCUT2D eigenvalue weighted by Crippen LogP contribution is -2.30. The number of carbonyl (C=O) groups is 2. The van der Waals surface area contributed by atoms with Crippen molar-refractivity contribution in [3.8, 4) is 0 Å². The second-order valence-electron chi connectivity index (χ2n) is 7.03. The molecule has 29 heavy (non-hydrogen) atoms. The van der Waals surface area contributed by atoms with E-state index in [9.17, 15) is 22.8 Å². The van der Waals surface area contributed by atoms with Gasteiger partial charge in [-0.25, -0.2) is 5.43 Å². The van der Waals surface area contributed by atoms with Gasteiger partial charge in [0.15, 0.2) is 0 Å². The van der Waals surface area contributed by atoms with Gasteiger partial charge in [-0.3, -0.25) is 9.59 Å². The van der Waals surface area contributed by atoms with E-state index in [1.54, 1.807) is 4.90 Å². The number of nitrogens with one attached hydrogen (secondary N) is 1. The first kappa shape index (κ1) is 20.6. The molecule has 1 atom stereocenters. The summed E-state index contributed by atoms with van der Waals surface area (Å²) in [6.07, 6.45) is -3.06. The summed E-state index contributed by atoms with van der Waals surface area (Å²) in [4.78, 5) is 26.2. The van der Waals surface area contributed by atoms with Crippen molar-refractivity contribution in [1.82, 2.24) is 5.43 Å². The molecule has 1 saturated heterocycles. The van der Waals surface area contributed by atoms with Crippen molar-refractivity contribution < 1.29 is 22.8 Å². The molecule has 0 unspecified atom stereocenters. The van der Waals surface area contributed by atoms with Crippen molar-refractivity contribution in [3.05, 3.63) is 64.7 Å². The predicted molar refractivity (Wildman–Crippen MR) is 104 cm³/mol. The zero-order chi connectivity index (χ0) is 21.2. The Kier molecular flexibility index (Phi) is 5.72. The maximum Gasteiger partial charge on any atom is 0.416 e. The minimum atomic E-state index is -4.40. The van der Waals surface area contributed by atoms with Crippen LogP contribution in [0.25, 0.3) is 0 Å². The number of halogens is 3. The molecule has 2 aromatic rings. The number of hydrazone groups is 1. The maximum absolute atomic E-state index is 12.6. The maximum atomic E-state index is 12.6. The van der Waals surface area contributed by atoms with Crippen molar-refractivity contribution in [3.63, 3.8) is 0 Å². The number of alkyl halides is 3. The largest absolute Gasteiger partial charge is 0.416 e. The molecule has 3 rings (SSSR count). The van der Waals surface area contributed by atoms with Gasteiger partial charge < -0.3 is 4.90 Å². The Morgan fingerprint density at radius 1 is 1.14 bits per heavy atom. The van der Waals surface area contributed by atoms with Crippen LogP contribution < -0.4 is 10.3 Å². The van der Waals surface area contributed by atoms with Crippen LogP contribution in [-0.4, -0.2) is 24.6 Å². The summed E-state index contributed by atoms with van der Waals surface area (Å²) in [6.45, 7) is 4.19. The van der Waals surface area contributed by atoms with Crippen molar-refractivity contribution in [2.75, 3.05) is 11.4 Å². The minimum Gasteiger partial charge on any atom is -0.312 e. The molecule has 1 fully saturated rings. The minimum absolute atomic E-state index is 0.0779. The van der Waals surface area contributed by atoms with Crippen LogP contribution in [0, 0.1) is 19.8 Å². The lowest BCUT2D eigenvalue weighted by atomic mass is 10.1. The van der Waals surface area contributed by atoms with Gasteiger partial charge in [-0.1, -0.05) is 18.2 Å². The van der Waals surface area contributed by atoms with E-state index < -0.39 is 23.6 Å². The summed E-state index contributed by atoms with van der Waals surface area (Å²) >= 11 is 0. The summed E-state index contributed by atoms with van der Waals surface area (Å²) in [5.41, 5.74) is 4.95. The molecule has 1 aliphatic rings. The fourth-order valence-electron chi connectivity index (χ4n) is 3.05. The number of hydrogen-bond acceptors (Lipinski definition) is 3. The Morgan fingerprint density at radius 2 is 1.83 bits per heavy atom. The third kappa shape index (κ3) is 4.82. The summed E-state index contributed by atoms with van der Waals surface area (Å²) in [5.74, 6) is -1.10. The smallest absolute Gasteiger partial charge is 0.312 e. The Bertz CT molecular complexity index is 953. The quantitative estimate of drug-likeness (QED) is 0.623. The molecule has 8 heteroatoms. The Balaban J connectivity index is 1.59. The summed E-state index contributed by atoms with van der Waals surface area (Å²) in [5, 5.41) is 3.79. The molecule has 2 aromatic carbocycles. The number of carbonyl (C=O) groups excluding carboxylic acids is 2. The molecule has 0 radical (unpaired) electrons. The summed E-state index contributed by atoms with van der Waals surface area (Å²) in [6, 6.07) is 10.1. The molecule has 1 aliphatic heterocycles. The Morgan fingerprint density at radius 3 is 2.45 bits per heavy atom. The van der Waals surface area contributed by atoms with E-state index in [-0.39, 0.29) is 18.9 Å². The normalized spacial score (nSPS) is 17.2. The van der Waals surface area contributed by atoms with E-state index in [2.05, 4.69) is 10.5 Å². The highest BCUT2D eigenvalue weighted by Crippen LogP contribution is 2.29. The van der Waals surface area contributed by atoms with Crippen LogP contribution in [0.3, 0.4) is 0 Å². The van der Waals surface area contributed by atoms with Gasteiger partial charge in [-0.2, -0.15) is 18.3 Å².